The van der Waals surface area contributed by atoms with E-state index in [0.29, 0.717) is 24.5 Å². The third-order valence-electron chi connectivity index (χ3n) is 3.44. The van der Waals surface area contributed by atoms with Gasteiger partial charge in [-0.15, -0.1) is 0 Å². The van der Waals surface area contributed by atoms with Gasteiger partial charge < -0.3 is 15.0 Å². The molecule has 0 heterocycles. The van der Waals surface area contributed by atoms with Crippen LogP contribution in [0.1, 0.15) is 22.3 Å². The molecule has 2 rings (SSSR count). The van der Waals surface area contributed by atoms with Gasteiger partial charge in [-0.3, -0.25) is 4.79 Å². The van der Waals surface area contributed by atoms with Crippen LogP contribution in [0.15, 0.2) is 54.6 Å². The Morgan fingerprint density at radius 1 is 1.04 bits per heavy atom. The van der Waals surface area contributed by atoms with Crippen LogP contribution in [0.25, 0.3) is 0 Å². The van der Waals surface area contributed by atoms with Gasteiger partial charge in [-0.05, 0) is 44.8 Å². The number of carbonyl (C=O) groups excluding carboxylic acids is 1. The van der Waals surface area contributed by atoms with E-state index in [0.717, 1.165) is 18.5 Å². The van der Waals surface area contributed by atoms with Gasteiger partial charge in [0.25, 0.3) is 5.91 Å². The number of ether oxygens (including phenoxy) is 1. The molecule has 0 spiro atoms. The van der Waals surface area contributed by atoms with Crippen LogP contribution in [0, 0.1) is 0 Å². The van der Waals surface area contributed by atoms with Crippen LogP contribution in [0.3, 0.4) is 0 Å². The minimum atomic E-state index is -0.0904. The normalized spacial score (nSPS) is 10.6. The molecule has 0 saturated heterocycles. The van der Waals surface area contributed by atoms with E-state index in [4.69, 9.17) is 4.74 Å². The third-order valence-corrected chi connectivity index (χ3v) is 3.44. The minimum Gasteiger partial charge on any atom is -0.488 e. The Balaban J connectivity index is 1.92. The lowest BCUT2D eigenvalue weighted by molar-refractivity contribution is 0.0948. The zero-order valence-electron chi connectivity index (χ0n) is 13.8. The van der Waals surface area contributed by atoms with E-state index in [9.17, 15) is 4.79 Å². The number of hydrogen-bond donors (Lipinski definition) is 1. The number of hydrogen-bond acceptors (Lipinski definition) is 3. The second-order valence-corrected chi connectivity index (χ2v) is 5.68. The number of rotatable bonds is 8. The first kappa shape index (κ1) is 17.0. The molecule has 1 amide bonds. The molecule has 0 bridgehead atoms. The predicted molar refractivity (Wildman–Crippen MR) is 92.7 cm³/mol. The molecular formula is C19H24N2O2. The molecule has 23 heavy (non-hydrogen) atoms. The number of para-hydroxylation sites is 1. The molecule has 0 saturated carbocycles. The first-order valence-electron chi connectivity index (χ1n) is 7.85. The van der Waals surface area contributed by atoms with Gasteiger partial charge in [0.1, 0.15) is 12.4 Å². The molecule has 0 aliphatic heterocycles. The molecule has 4 heteroatoms. The fourth-order valence-corrected chi connectivity index (χ4v) is 2.21. The van der Waals surface area contributed by atoms with E-state index in [1.165, 1.54) is 0 Å². The monoisotopic (exact) mass is 312 g/mol. The van der Waals surface area contributed by atoms with Gasteiger partial charge >= 0.3 is 0 Å². The molecule has 2 aromatic carbocycles. The topological polar surface area (TPSA) is 41.6 Å². The van der Waals surface area contributed by atoms with Crippen molar-refractivity contribution in [1.82, 2.24) is 10.2 Å². The lowest BCUT2D eigenvalue weighted by Gasteiger charge is -2.13. The van der Waals surface area contributed by atoms with Gasteiger partial charge in [-0.25, -0.2) is 0 Å². The maximum absolute atomic E-state index is 12.3. The summed E-state index contributed by atoms with van der Waals surface area (Å²) in [6.45, 7) is 2.06. The summed E-state index contributed by atoms with van der Waals surface area (Å²) in [5.74, 6) is 0.522. The Morgan fingerprint density at radius 3 is 2.48 bits per heavy atom. The molecular weight excluding hydrogens is 288 g/mol. The summed E-state index contributed by atoms with van der Waals surface area (Å²) in [5, 5.41) is 2.95. The summed E-state index contributed by atoms with van der Waals surface area (Å²) in [7, 11) is 4.04. The lowest BCUT2D eigenvalue weighted by Crippen LogP contribution is -2.27. The molecule has 0 atom stereocenters. The molecule has 0 radical (unpaired) electrons. The number of nitrogens with one attached hydrogen (secondary N) is 1. The molecule has 122 valence electrons. The summed E-state index contributed by atoms with van der Waals surface area (Å²) in [5.41, 5.74) is 1.65. The van der Waals surface area contributed by atoms with E-state index in [1.54, 1.807) is 6.07 Å². The highest BCUT2D eigenvalue weighted by atomic mass is 16.5. The molecule has 0 aliphatic rings. The first-order valence-corrected chi connectivity index (χ1v) is 7.85. The summed E-state index contributed by atoms with van der Waals surface area (Å²) < 4.78 is 5.82. The van der Waals surface area contributed by atoms with Gasteiger partial charge in [0.15, 0.2) is 0 Å². The van der Waals surface area contributed by atoms with Crippen LogP contribution in [-0.4, -0.2) is 38.0 Å². The van der Waals surface area contributed by atoms with Gasteiger partial charge in [0.05, 0.1) is 5.56 Å². The van der Waals surface area contributed by atoms with Crippen molar-refractivity contribution < 1.29 is 9.53 Å². The maximum atomic E-state index is 12.3. The van der Waals surface area contributed by atoms with Crippen LogP contribution in [0.4, 0.5) is 0 Å². The number of nitrogens with zero attached hydrogens (tertiary/aromatic N) is 1. The van der Waals surface area contributed by atoms with Gasteiger partial charge in [-0.1, -0.05) is 42.5 Å². The van der Waals surface area contributed by atoms with E-state index in [2.05, 4.69) is 10.2 Å². The quantitative estimate of drug-likeness (QED) is 0.762. The molecule has 0 aromatic heterocycles. The van der Waals surface area contributed by atoms with Crippen molar-refractivity contribution in [2.75, 3.05) is 27.2 Å². The molecule has 4 nitrogen and oxygen atoms in total. The highest BCUT2D eigenvalue weighted by molar-refractivity contribution is 5.96. The van der Waals surface area contributed by atoms with Crippen molar-refractivity contribution in [3.8, 4) is 5.75 Å². The number of amides is 1. The van der Waals surface area contributed by atoms with Crippen molar-refractivity contribution in [3.63, 3.8) is 0 Å². The highest BCUT2D eigenvalue weighted by Gasteiger charge is 2.11. The average Bonchev–Trinajstić information content (AvgIpc) is 2.58. The largest absolute Gasteiger partial charge is 0.488 e. The van der Waals surface area contributed by atoms with Crippen LogP contribution >= 0.6 is 0 Å². The standard InChI is InChI=1S/C19H24N2O2/c1-21(2)14-8-13-20-19(22)17-11-6-7-12-18(17)23-15-16-9-4-3-5-10-16/h3-7,9-12H,8,13-15H2,1-2H3,(H,20,22). The molecule has 0 unspecified atom stereocenters. The lowest BCUT2D eigenvalue weighted by atomic mass is 10.2. The average molecular weight is 312 g/mol. The predicted octanol–water partition coefficient (Wildman–Crippen LogP) is 2.95. The fraction of sp³-hybridized carbons (Fsp3) is 0.316. The van der Waals surface area contributed by atoms with Gasteiger partial charge in [0, 0.05) is 6.54 Å². The van der Waals surface area contributed by atoms with E-state index in [1.807, 2.05) is 62.6 Å². The van der Waals surface area contributed by atoms with Gasteiger partial charge in [-0.2, -0.15) is 0 Å². The Morgan fingerprint density at radius 2 is 1.74 bits per heavy atom. The Labute approximate surface area is 138 Å². The van der Waals surface area contributed by atoms with E-state index < -0.39 is 0 Å². The number of carbonyl (C=O) groups is 1. The molecule has 0 aliphatic carbocycles. The Hall–Kier alpha value is -2.33. The second kappa shape index (κ2) is 8.96. The Bertz CT molecular complexity index is 612. The molecule has 1 N–H and O–H groups in total. The summed E-state index contributed by atoms with van der Waals surface area (Å²) in [4.78, 5) is 14.4. The number of benzene rings is 2. The van der Waals surface area contributed by atoms with Crippen molar-refractivity contribution in [1.29, 1.82) is 0 Å². The van der Waals surface area contributed by atoms with E-state index in [-0.39, 0.29) is 5.91 Å². The SMILES string of the molecule is CN(C)CCCNC(=O)c1ccccc1OCc1ccccc1. The van der Waals surface area contributed by atoms with Crippen molar-refractivity contribution in [3.05, 3.63) is 65.7 Å². The highest BCUT2D eigenvalue weighted by Crippen LogP contribution is 2.19. The maximum Gasteiger partial charge on any atom is 0.255 e. The second-order valence-electron chi connectivity index (χ2n) is 5.68. The smallest absolute Gasteiger partial charge is 0.255 e. The van der Waals surface area contributed by atoms with E-state index >= 15 is 0 Å². The van der Waals surface area contributed by atoms with Crippen LogP contribution in [0.2, 0.25) is 0 Å². The zero-order valence-corrected chi connectivity index (χ0v) is 13.8. The molecule has 0 fully saturated rings. The van der Waals surface area contributed by atoms with Gasteiger partial charge in [0.2, 0.25) is 0 Å². The molecule has 2 aromatic rings. The van der Waals surface area contributed by atoms with Crippen molar-refractivity contribution in [2.24, 2.45) is 0 Å². The third kappa shape index (κ3) is 5.75. The van der Waals surface area contributed by atoms with Crippen LogP contribution in [0.5, 0.6) is 5.75 Å². The van der Waals surface area contributed by atoms with Crippen LogP contribution in [-0.2, 0) is 6.61 Å². The first-order chi connectivity index (χ1) is 11.2. The summed E-state index contributed by atoms with van der Waals surface area (Å²) >= 11 is 0. The summed E-state index contributed by atoms with van der Waals surface area (Å²) in [6.07, 6.45) is 0.922. The minimum absolute atomic E-state index is 0.0904. The fourth-order valence-electron chi connectivity index (χ4n) is 2.21. The van der Waals surface area contributed by atoms with Crippen molar-refractivity contribution >= 4 is 5.91 Å². The Kier molecular flexibility index (Phi) is 6.63. The summed E-state index contributed by atoms with van der Waals surface area (Å²) in [6, 6.07) is 17.3. The van der Waals surface area contributed by atoms with Crippen molar-refractivity contribution in [2.45, 2.75) is 13.0 Å². The zero-order chi connectivity index (χ0) is 16.5. The van der Waals surface area contributed by atoms with Crippen LogP contribution < -0.4 is 10.1 Å².